The Labute approximate surface area is 113 Å². The molecule has 0 aliphatic heterocycles. The van der Waals surface area contributed by atoms with E-state index in [9.17, 15) is 4.79 Å². The van der Waals surface area contributed by atoms with Crippen LogP contribution in [-0.2, 0) is 17.8 Å². The van der Waals surface area contributed by atoms with Crippen molar-refractivity contribution < 1.29 is 4.79 Å². The van der Waals surface area contributed by atoms with E-state index < -0.39 is 0 Å². The van der Waals surface area contributed by atoms with Crippen LogP contribution in [0.15, 0.2) is 11.4 Å². The Morgan fingerprint density at radius 1 is 1.44 bits per heavy atom. The number of carbonyl (C=O) groups is 1. The van der Waals surface area contributed by atoms with Crippen molar-refractivity contribution in [3.05, 3.63) is 21.3 Å². The number of amides is 1. The van der Waals surface area contributed by atoms with Crippen molar-refractivity contribution >= 4 is 39.4 Å². The quantitative estimate of drug-likeness (QED) is 0.885. The second-order valence-electron chi connectivity index (χ2n) is 3.65. The predicted molar refractivity (Wildman–Crippen MR) is 75.2 cm³/mol. The second kappa shape index (κ2) is 5.92. The van der Waals surface area contributed by atoms with E-state index >= 15 is 0 Å². The summed E-state index contributed by atoms with van der Waals surface area (Å²) in [6.45, 7) is 4.21. The highest BCUT2D eigenvalue weighted by atomic mass is 32.1. The van der Waals surface area contributed by atoms with Crippen LogP contribution in [0.25, 0.3) is 0 Å². The zero-order chi connectivity index (χ0) is 13.0. The van der Waals surface area contributed by atoms with E-state index in [1.807, 2.05) is 11.4 Å². The highest BCUT2D eigenvalue weighted by Crippen LogP contribution is 2.24. The van der Waals surface area contributed by atoms with Crippen LogP contribution < -0.4 is 10.6 Å². The van der Waals surface area contributed by atoms with E-state index in [4.69, 9.17) is 0 Å². The molecule has 0 spiro atoms. The zero-order valence-electron chi connectivity index (χ0n) is 10.2. The van der Waals surface area contributed by atoms with Crippen molar-refractivity contribution in [2.75, 3.05) is 10.6 Å². The molecule has 0 saturated heterocycles. The Morgan fingerprint density at radius 2 is 2.28 bits per heavy atom. The molecule has 0 fully saturated rings. The van der Waals surface area contributed by atoms with E-state index in [-0.39, 0.29) is 5.91 Å². The maximum absolute atomic E-state index is 11.0. The maximum Gasteiger partial charge on any atom is 0.221 e. The van der Waals surface area contributed by atoms with Gasteiger partial charge in [-0.15, -0.1) is 21.5 Å². The Hall–Kier alpha value is -1.47. The number of carbonyl (C=O) groups excluding carboxylic acids is 1. The largest absolute Gasteiger partial charge is 0.355 e. The van der Waals surface area contributed by atoms with Gasteiger partial charge >= 0.3 is 0 Å². The third-order valence-corrected chi connectivity index (χ3v) is 4.17. The summed E-state index contributed by atoms with van der Waals surface area (Å²) in [5.41, 5.74) is 0.861. The molecule has 0 saturated carbocycles. The van der Waals surface area contributed by atoms with Gasteiger partial charge in [0.15, 0.2) is 0 Å². The number of rotatable bonds is 5. The van der Waals surface area contributed by atoms with Gasteiger partial charge in [-0.2, -0.15) is 0 Å². The molecule has 0 aliphatic rings. The number of hydrogen-bond acceptors (Lipinski definition) is 6. The molecule has 1 amide bonds. The highest BCUT2D eigenvalue weighted by molar-refractivity contribution is 7.15. The number of aryl methyl sites for hydroxylation is 1. The Balaban J connectivity index is 1.97. The molecule has 18 heavy (non-hydrogen) atoms. The summed E-state index contributed by atoms with van der Waals surface area (Å²) >= 11 is 3.16. The zero-order valence-corrected chi connectivity index (χ0v) is 11.8. The summed E-state index contributed by atoms with van der Waals surface area (Å²) in [4.78, 5) is 12.1. The maximum atomic E-state index is 11.0. The summed E-state index contributed by atoms with van der Waals surface area (Å²) in [7, 11) is 0. The fraction of sp³-hybridized carbons (Fsp3) is 0.364. The van der Waals surface area contributed by atoms with Gasteiger partial charge in [0.2, 0.25) is 11.0 Å². The minimum atomic E-state index is -0.0566. The molecule has 0 bridgehead atoms. The minimum absolute atomic E-state index is 0.0566. The van der Waals surface area contributed by atoms with Gasteiger partial charge in [0, 0.05) is 11.8 Å². The van der Waals surface area contributed by atoms with E-state index in [1.54, 1.807) is 22.7 Å². The van der Waals surface area contributed by atoms with E-state index in [0.29, 0.717) is 6.54 Å². The van der Waals surface area contributed by atoms with Gasteiger partial charge in [-0.25, -0.2) is 0 Å². The Kier molecular flexibility index (Phi) is 4.27. The molecular weight excluding hydrogens is 268 g/mol. The SMILES string of the molecule is CCc1nnc(NCc2sccc2NC(C)=O)s1. The highest BCUT2D eigenvalue weighted by Gasteiger charge is 2.07. The number of nitrogens with one attached hydrogen (secondary N) is 2. The molecule has 5 nitrogen and oxygen atoms in total. The van der Waals surface area contributed by atoms with Gasteiger partial charge in [0.25, 0.3) is 0 Å². The molecule has 0 radical (unpaired) electrons. The van der Waals surface area contributed by atoms with Gasteiger partial charge in [-0.3, -0.25) is 4.79 Å². The van der Waals surface area contributed by atoms with Crippen LogP contribution in [0.2, 0.25) is 0 Å². The third-order valence-electron chi connectivity index (χ3n) is 2.23. The predicted octanol–water partition coefficient (Wildman–Crippen LogP) is 2.73. The van der Waals surface area contributed by atoms with Gasteiger partial charge in [0.1, 0.15) is 5.01 Å². The molecule has 7 heteroatoms. The molecule has 2 aromatic heterocycles. The van der Waals surface area contributed by atoms with Crippen LogP contribution >= 0.6 is 22.7 Å². The van der Waals surface area contributed by atoms with Gasteiger partial charge in [-0.1, -0.05) is 18.3 Å². The fourth-order valence-electron chi connectivity index (χ4n) is 1.40. The van der Waals surface area contributed by atoms with Crippen LogP contribution in [0.1, 0.15) is 23.7 Å². The molecule has 2 aromatic rings. The summed E-state index contributed by atoms with van der Waals surface area (Å²) in [5, 5.41) is 17.9. The smallest absolute Gasteiger partial charge is 0.221 e. The normalized spacial score (nSPS) is 10.3. The number of nitrogens with zero attached hydrogens (tertiary/aromatic N) is 2. The number of hydrogen-bond donors (Lipinski definition) is 2. The van der Waals surface area contributed by atoms with E-state index in [0.717, 1.165) is 27.1 Å². The molecule has 2 heterocycles. The summed E-state index contributed by atoms with van der Waals surface area (Å²) < 4.78 is 0. The Bertz CT molecular complexity index is 535. The van der Waals surface area contributed by atoms with Crippen LogP contribution in [0.5, 0.6) is 0 Å². The monoisotopic (exact) mass is 282 g/mol. The number of anilines is 2. The lowest BCUT2D eigenvalue weighted by molar-refractivity contribution is -0.114. The first kappa shape index (κ1) is 13.0. The van der Waals surface area contributed by atoms with Crippen molar-refractivity contribution in [2.45, 2.75) is 26.8 Å². The average Bonchev–Trinajstić information content (AvgIpc) is 2.94. The standard InChI is InChI=1S/C11H14N4OS2/c1-3-10-14-15-11(18-10)12-6-9-8(4-5-17-9)13-7(2)16/h4-5H,3,6H2,1-2H3,(H,12,15)(H,13,16). The number of aromatic nitrogens is 2. The molecular formula is C11H14N4OS2. The van der Waals surface area contributed by atoms with Gasteiger partial charge in [-0.05, 0) is 17.9 Å². The molecule has 2 rings (SSSR count). The second-order valence-corrected chi connectivity index (χ2v) is 5.71. The molecule has 0 aromatic carbocycles. The van der Waals surface area contributed by atoms with Crippen molar-refractivity contribution in [3.63, 3.8) is 0 Å². The van der Waals surface area contributed by atoms with Crippen LogP contribution in [0.4, 0.5) is 10.8 Å². The van der Waals surface area contributed by atoms with Crippen molar-refractivity contribution in [1.82, 2.24) is 10.2 Å². The first-order chi connectivity index (χ1) is 8.69. The van der Waals surface area contributed by atoms with Crippen LogP contribution in [0, 0.1) is 0 Å². The third kappa shape index (κ3) is 3.27. The first-order valence-corrected chi connectivity index (χ1v) is 7.29. The van der Waals surface area contributed by atoms with Crippen molar-refractivity contribution in [2.24, 2.45) is 0 Å². The summed E-state index contributed by atoms with van der Waals surface area (Å²) in [6, 6.07) is 1.90. The first-order valence-electron chi connectivity index (χ1n) is 5.59. The van der Waals surface area contributed by atoms with E-state index in [1.165, 1.54) is 6.92 Å². The molecule has 0 aliphatic carbocycles. The number of thiophene rings is 1. The van der Waals surface area contributed by atoms with Crippen LogP contribution in [-0.4, -0.2) is 16.1 Å². The summed E-state index contributed by atoms with van der Waals surface area (Å²) in [6.07, 6.45) is 0.898. The molecule has 0 unspecified atom stereocenters. The lowest BCUT2D eigenvalue weighted by atomic mass is 10.4. The van der Waals surface area contributed by atoms with Gasteiger partial charge < -0.3 is 10.6 Å². The Morgan fingerprint density at radius 3 is 2.94 bits per heavy atom. The topological polar surface area (TPSA) is 66.9 Å². The van der Waals surface area contributed by atoms with Crippen LogP contribution in [0.3, 0.4) is 0 Å². The van der Waals surface area contributed by atoms with Crippen molar-refractivity contribution in [3.8, 4) is 0 Å². The molecule has 2 N–H and O–H groups in total. The average molecular weight is 282 g/mol. The minimum Gasteiger partial charge on any atom is -0.355 e. The fourth-order valence-corrected chi connectivity index (χ4v) is 2.85. The van der Waals surface area contributed by atoms with Crippen molar-refractivity contribution in [1.29, 1.82) is 0 Å². The lowest BCUT2D eigenvalue weighted by Crippen LogP contribution is -2.08. The summed E-state index contributed by atoms with van der Waals surface area (Å²) in [5.74, 6) is -0.0566. The molecule has 96 valence electrons. The van der Waals surface area contributed by atoms with E-state index in [2.05, 4.69) is 27.8 Å². The molecule has 0 atom stereocenters. The van der Waals surface area contributed by atoms with Gasteiger partial charge in [0.05, 0.1) is 12.2 Å². The lowest BCUT2D eigenvalue weighted by Gasteiger charge is -2.04.